The van der Waals surface area contributed by atoms with Crippen LogP contribution in [0.5, 0.6) is 0 Å². The molecule has 2 aromatic carbocycles. The molecule has 2 unspecified atom stereocenters. The minimum atomic E-state index is -4.99. The zero-order chi connectivity index (χ0) is 30.3. The smallest absolute Gasteiger partial charge is 0.344 e. The number of amides is 3. The molecule has 2 atom stereocenters. The summed E-state index contributed by atoms with van der Waals surface area (Å²) in [4.78, 5) is 50.1. The van der Waals surface area contributed by atoms with Crippen molar-refractivity contribution in [2.45, 2.75) is 38.0 Å². The van der Waals surface area contributed by atoms with Crippen molar-refractivity contribution >= 4 is 52.8 Å². The fourth-order valence-corrected chi connectivity index (χ4v) is 3.60. The molecule has 3 N–H and O–H groups in total. The molecule has 2 rings (SSSR count). The first-order valence-electron chi connectivity index (χ1n) is 11.6. The molecule has 0 spiro atoms. The van der Waals surface area contributed by atoms with E-state index in [0.717, 1.165) is 11.4 Å². The van der Waals surface area contributed by atoms with Crippen LogP contribution in [0, 0.1) is 5.92 Å². The van der Waals surface area contributed by atoms with Gasteiger partial charge in [0.2, 0.25) is 17.6 Å². The number of nitrogens with one attached hydrogen (secondary N) is 3. The summed E-state index contributed by atoms with van der Waals surface area (Å²) in [5, 5.41) is 6.01. The van der Waals surface area contributed by atoms with Gasteiger partial charge in [0.1, 0.15) is 12.6 Å². The predicted molar refractivity (Wildman–Crippen MR) is 139 cm³/mol. The summed E-state index contributed by atoms with van der Waals surface area (Å²) in [5.74, 6) is -12.3. The van der Waals surface area contributed by atoms with E-state index in [4.69, 9.17) is 23.2 Å². The zero-order valence-corrected chi connectivity index (χ0v) is 22.5. The number of halogens is 7. The average Bonchev–Trinajstić information content (AvgIpc) is 2.88. The first-order chi connectivity index (χ1) is 18.5. The van der Waals surface area contributed by atoms with Crippen LogP contribution in [0.3, 0.4) is 0 Å². The largest absolute Gasteiger partial charge is 0.405 e. The maximum Gasteiger partial charge on any atom is 0.405 e. The number of ketones is 1. The van der Waals surface area contributed by atoms with Crippen molar-refractivity contribution in [2.75, 3.05) is 6.54 Å². The molecule has 0 heterocycles. The van der Waals surface area contributed by atoms with Crippen molar-refractivity contribution in [3.05, 3.63) is 75.8 Å². The van der Waals surface area contributed by atoms with Crippen molar-refractivity contribution in [1.29, 1.82) is 0 Å². The maximum absolute atomic E-state index is 14.5. The van der Waals surface area contributed by atoms with Gasteiger partial charge in [0, 0.05) is 6.08 Å². The lowest BCUT2D eigenvalue weighted by atomic mass is 9.94. The highest BCUT2D eigenvalue weighted by molar-refractivity contribution is 6.42. The van der Waals surface area contributed by atoms with Gasteiger partial charge in [-0.2, -0.15) is 22.0 Å². The normalized spacial score (nSPS) is 13.6. The molecule has 0 aliphatic heterocycles. The standard InChI is InChI=1S/C26H24Cl2F5N3O4/c1-14(2)20(22(38)26(32,33)24(40)34-13-25(29,30)31)36-23(39)21(16-6-4-3-5-7-16)35-19(37)11-9-15-8-10-17(27)18(28)12-15/h3-12,14,20-21H,13H2,1-2H3,(H,34,40)(H,35,37)(H,36,39)/b11-9+. The molecule has 0 bridgehead atoms. The van der Waals surface area contributed by atoms with Gasteiger partial charge in [-0.05, 0) is 35.3 Å². The van der Waals surface area contributed by atoms with Crippen LogP contribution in [-0.2, 0) is 19.2 Å². The van der Waals surface area contributed by atoms with E-state index in [-0.39, 0.29) is 10.6 Å². The Bertz CT molecular complexity index is 1270. The summed E-state index contributed by atoms with van der Waals surface area (Å²) in [6.07, 6.45) is -2.54. The van der Waals surface area contributed by atoms with Gasteiger partial charge in [-0.15, -0.1) is 0 Å². The average molecular weight is 608 g/mol. The minimum absolute atomic E-state index is 0.223. The van der Waals surface area contributed by atoms with Crippen LogP contribution >= 0.6 is 23.2 Å². The van der Waals surface area contributed by atoms with Crippen LogP contribution in [0.2, 0.25) is 10.0 Å². The molecule has 3 amide bonds. The molecule has 0 aromatic heterocycles. The Morgan fingerprint density at radius 1 is 0.900 bits per heavy atom. The van der Waals surface area contributed by atoms with Crippen molar-refractivity contribution in [3.63, 3.8) is 0 Å². The van der Waals surface area contributed by atoms with E-state index < -0.39 is 60.1 Å². The second-order valence-corrected chi connectivity index (χ2v) is 9.64. The summed E-state index contributed by atoms with van der Waals surface area (Å²) < 4.78 is 66.1. The molecule has 0 aliphatic carbocycles. The Hall–Kier alpha value is -3.51. The molecule has 0 radical (unpaired) electrons. The lowest BCUT2D eigenvalue weighted by molar-refractivity contribution is -0.165. The number of rotatable bonds is 11. The number of hydrogen-bond acceptors (Lipinski definition) is 4. The molecule has 0 fully saturated rings. The van der Waals surface area contributed by atoms with Gasteiger partial charge < -0.3 is 16.0 Å². The highest BCUT2D eigenvalue weighted by Gasteiger charge is 2.52. The third-order valence-corrected chi connectivity index (χ3v) is 6.08. The van der Waals surface area contributed by atoms with Gasteiger partial charge in [-0.1, -0.05) is 73.4 Å². The van der Waals surface area contributed by atoms with E-state index in [0.29, 0.717) is 10.6 Å². The second kappa shape index (κ2) is 13.7. The molecule has 40 heavy (non-hydrogen) atoms. The third kappa shape index (κ3) is 9.30. The molecule has 7 nitrogen and oxygen atoms in total. The molecular formula is C26H24Cl2F5N3O4. The summed E-state index contributed by atoms with van der Waals surface area (Å²) in [5.41, 5.74) is 0.725. The van der Waals surface area contributed by atoms with E-state index in [1.807, 2.05) is 0 Å². The number of carbonyl (C=O) groups is 4. The molecule has 0 aliphatic rings. The quantitative estimate of drug-likeness (QED) is 0.192. The van der Waals surface area contributed by atoms with Gasteiger partial charge in [0.25, 0.3) is 5.91 Å². The Morgan fingerprint density at radius 3 is 2.08 bits per heavy atom. The SMILES string of the molecule is CC(C)C(NC(=O)C(NC(=O)/C=C/c1ccc(Cl)c(Cl)c1)c1ccccc1)C(=O)C(F)(F)C(=O)NCC(F)(F)F. The van der Waals surface area contributed by atoms with Gasteiger partial charge in [-0.25, -0.2) is 0 Å². The molecule has 0 saturated heterocycles. The fraction of sp³-hybridized carbons (Fsp3) is 0.308. The highest BCUT2D eigenvalue weighted by Crippen LogP contribution is 2.24. The van der Waals surface area contributed by atoms with E-state index in [1.54, 1.807) is 12.1 Å². The highest BCUT2D eigenvalue weighted by atomic mass is 35.5. The van der Waals surface area contributed by atoms with E-state index in [9.17, 15) is 41.1 Å². The first kappa shape index (κ1) is 32.7. The molecule has 2 aromatic rings. The van der Waals surface area contributed by atoms with Crippen LogP contribution in [-0.4, -0.2) is 48.2 Å². The summed E-state index contributed by atoms with van der Waals surface area (Å²) in [6, 6.07) is 8.70. The Balaban J connectivity index is 2.26. The maximum atomic E-state index is 14.5. The van der Waals surface area contributed by atoms with Crippen molar-refractivity contribution in [2.24, 2.45) is 5.92 Å². The first-order valence-corrected chi connectivity index (χ1v) is 12.3. The zero-order valence-electron chi connectivity index (χ0n) is 21.0. The van der Waals surface area contributed by atoms with Crippen molar-refractivity contribution < 1.29 is 41.1 Å². The van der Waals surface area contributed by atoms with Crippen LogP contribution in [0.25, 0.3) is 6.08 Å². The third-order valence-electron chi connectivity index (χ3n) is 5.34. The molecule has 216 valence electrons. The lowest BCUT2D eigenvalue weighted by Gasteiger charge is -2.27. The lowest BCUT2D eigenvalue weighted by Crippen LogP contribution is -2.58. The predicted octanol–water partition coefficient (Wildman–Crippen LogP) is 4.89. The topological polar surface area (TPSA) is 104 Å². The molecule has 0 saturated carbocycles. The van der Waals surface area contributed by atoms with E-state index >= 15 is 0 Å². The number of alkyl halides is 5. The fourth-order valence-electron chi connectivity index (χ4n) is 3.29. The Kier molecular flexibility index (Phi) is 11.2. The summed E-state index contributed by atoms with van der Waals surface area (Å²) in [6.45, 7) is 0.483. The van der Waals surface area contributed by atoms with Gasteiger partial charge in [-0.3, -0.25) is 19.2 Å². The van der Waals surface area contributed by atoms with Crippen molar-refractivity contribution in [3.8, 4) is 0 Å². The second-order valence-electron chi connectivity index (χ2n) is 8.83. The van der Waals surface area contributed by atoms with Gasteiger partial charge in [0.05, 0.1) is 16.1 Å². The molecule has 14 heteroatoms. The van der Waals surface area contributed by atoms with Crippen LogP contribution in [0.1, 0.15) is 31.0 Å². The number of Topliss-reactive ketones (excluding diaryl/α,β-unsaturated/α-hetero) is 1. The van der Waals surface area contributed by atoms with Gasteiger partial charge >= 0.3 is 12.1 Å². The van der Waals surface area contributed by atoms with Crippen molar-refractivity contribution in [1.82, 2.24) is 16.0 Å². The number of carbonyl (C=O) groups excluding carboxylic acids is 4. The van der Waals surface area contributed by atoms with Crippen LogP contribution in [0.15, 0.2) is 54.6 Å². The van der Waals surface area contributed by atoms with E-state index in [1.165, 1.54) is 56.3 Å². The number of benzene rings is 2. The Labute approximate surface area is 236 Å². The summed E-state index contributed by atoms with van der Waals surface area (Å²) in [7, 11) is 0. The van der Waals surface area contributed by atoms with Crippen LogP contribution < -0.4 is 16.0 Å². The molecular weight excluding hydrogens is 584 g/mol. The monoisotopic (exact) mass is 607 g/mol. The number of hydrogen-bond donors (Lipinski definition) is 3. The van der Waals surface area contributed by atoms with Gasteiger partial charge in [0.15, 0.2) is 0 Å². The van der Waals surface area contributed by atoms with Crippen LogP contribution in [0.4, 0.5) is 22.0 Å². The van der Waals surface area contributed by atoms with E-state index in [2.05, 4.69) is 10.6 Å². The Morgan fingerprint density at radius 2 is 1.52 bits per heavy atom. The summed E-state index contributed by atoms with van der Waals surface area (Å²) >= 11 is 11.8. The minimum Gasteiger partial charge on any atom is -0.344 e.